The molecule has 0 atom stereocenters. The maximum absolute atomic E-state index is 11.5. The van der Waals surface area contributed by atoms with E-state index in [9.17, 15) is 4.79 Å². The molecule has 0 aromatic rings. The van der Waals surface area contributed by atoms with Gasteiger partial charge in [-0.2, -0.15) is 10.5 Å². The Hall–Kier alpha value is -1.59. The van der Waals surface area contributed by atoms with Crippen LogP contribution < -0.4 is 5.73 Å². The lowest BCUT2D eigenvalue weighted by molar-refractivity contribution is -0.132. The first-order valence-corrected chi connectivity index (χ1v) is 3.96. The van der Waals surface area contributed by atoms with E-state index >= 15 is 0 Å². The summed E-state index contributed by atoms with van der Waals surface area (Å²) >= 11 is 0. The van der Waals surface area contributed by atoms with Gasteiger partial charge in [0.1, 0.15) is 13.1 Å². The van der Waals surface area contributed by atoms with Gasteiger partial charge in [-0.05, 0) is 12.8 Å². The Morgan fingerprint density at radius 2 is 1.85 bits per heavy atom. The maximum atomic E-state index is 11.5. The zero-order chi connectivity index (χ0) is 9.90. The summed E-state index contributed by atoms with van der Waals surface area (Å²) in [5, 5.41) is 16.8. The van der Waals surface area contributed by atoms with E-state index in [0.29, 0.717) is 12.8 Å². The molecule has 2 N–H and O–H groups in total. The summed E-state index contributed by atoms with van der Waals surface area (Å²) in [6, 6.07) is 3.66. The zero-order valence-corrected chi connectivity index (χ0v) is 7.16. The largest absolute Gasteiger partial charge is 0.317 e. The SMILES string of the molecule is N#CCN(CC#N)C(=O)C1(N)CC1. The third-order valence-electron chi connectivity index (χ3n) is 2.02. The molecule has 0 saturated heterocycles. The highest BCUT2D eigenvalue weighted by Crippen LogP contribution is 2.33. The Labute approximate surface area is 76.3 Å². The van der Waals surface area contributed by atoms with E-state index in [-0.39, 0.29) is 19.0 Å². The first-order chi connectivity index (χ1) is 6.14. The third-order valence-corrected chi connectivity index (χ3v) is 2.02. The summed E-state index contributed by atoms with van der Waals surface area (Å²) in [7, 11) is 0. The lowest BCUT2D eigenvalue weighted by Gasteiger charge is -2.19. The van der Waals surface area contributed by atoms with Crippen LogP contribution in [-0.2, 0) is 4.79 Å². The zero-order valence-electron chi connectivity index (χ0n) is 7.16. The number of carbonyl (C=O) groups is 1. The van der Waals surface area contributed by atoms with E-state index in [1.165, 1.54) is 4.90 Å². The summed E-state index contributed by atoms with van der Waals surface area (Å²) in [5.41, 5.74) is 4.86. The van der Waals surface area contributed by atoms with Crippen LogP contribution in [0.5, 0.6) is 0 Å². The van der Waals surface area contributed by atoms with Gasteiger partial charge < -0.3 is 10.6 Å². The minimum absolute atomic E-state index is 0.0641. The molecule has 68 valence electrons. The van der Waals surface area contributed by atoms with E-state index < -0.39 is 5.54 Å². The minimum Gasteiger partial charge on any atom is -0.317 e. The highest BCUT2D eigenvalue weighted by Gasteiger charge is 2.48. The van der Waals surface area contributed by atoms with Crippen molar-refractivity contribution in [1.82, 2.24) is 4.90 Å². The molecule has 1 saturated carbocycles. The third kappa shape index (κ3) is 1.95. The van der Waals surface area contributed by atoms with E-state index in [1.807, 2.05) is 12.1 Å². The minimum atomic E-state index is -0.784. The molecule has 13 heavy (non-hydrogen) atoms. The molecule has 0 aromatic carbocycles. The van der Waals surface area contributed by atoms with Crippen molar-refractivity contribution < 1.29 is 4.79 Å². The molecule has 0 heterocycles. The van der Waals surface area contributed by atoms with Crippen LogP contribution in [0.4, 0.5) is 0 Å². The molecule has 1 fully saturated rings. The fourth-order valence-electron chi connectivity index (χ4n) is 1.03. The van der Waals surface area contributed by atoms with Gasteiger partial charge in [-0.1, -0.05) is 0 Å². The van der Waals surface area contributed by atoms with Crippen LogP contribution in [0.3, 0.4) is 0 Å². The Balaban J connectivity index is 2.60. The normalized spacial score (nSPS) is 16.8. The van der Waals surface area contributed by atoms with Gasteiger partial charge in [-0.3, -0.25) is 4.79 Å². The number of nitriles is 2. The highest BCUT2D eigenvalue weighted by atomic mass is 16.2. The summed E-state index contributed by atoms with van der Waals surface area (Å²) in [6.07, 6.45) is 1.30. The van der Waals surface area contributed by atoms with Crippen LogP contribution in [0.25, 0.3) is 0 Å². The summed E-state index contributed by atoms with van der Waals surface area (Å²) in [6.45, 7) is -0.128. The Kier molecular flexibility index (Phi) is 2.50. The standard InChI is InChI=1S/C8H10N4O/c9-3-5-12(6-4-10)7(13)8(11)1-2-8/h1-2,5-6,11H2. The highest BCUT2D eigenvalue weighted by molar-refractivity contribution is 5.89. The van der Waals surface area contributed by atoms with Crippen LogP contribution in [0.2, 0.25) is 0 Å². The lowest BCUT2D eigenvalue weighted by Crippen LogP contribution is -2.46. The Morgan fingerprint density at radius 3 is 2.15 bits per heavy atom. The molecule has 0 bridgehead atoms. The average Bonchev–Trinajstić information content (AvgIpc) is 2.84. The van der Waals surface area contributed by atoms with Crippen LogP contribution in [0.15, 0.2) is 0 Å². The van der Waals surface area contributed by atoms with Crippen molar-refractivity contribution in [2.24, 2.45) is 5.73 Å². The second-order valence-electron chi connectivity index (χ2n) is 3.13. The van der Waals surface area contributed by atoms with Crippen molar-refractivity contribution in [1.29, 1.82) is 10.5 Å². The topological polar surface area (TPSA) is 93.9 Å². The van der Waals surface area contributed by atoms with E-state index in [0.717, 1.165) is 0 Å². The molecular weight excluding hydrogens is 168 g/mol. The van der Waals surface area contributed by atoms with Crippen molar-refractivity contribution in [3.05, 3.63) is 0 Å². The number of hydrogen-bond acceptors (Lipinski definition) is 4. The molecule has 1 rings (SSSR count). The van der Waals surface area contributed by atoms with Gasteiger partial charge in [-0.15, -0.1) is 0 Å². The number of carbonyl (C=O) groups excluding carboxylic acids is 1. The van der Waals surface area contributed by atoms with Crippen molar-refractivity contribution >= 4 is 5.91 Å². The molecule has 0 unspecified atom stereocenters. The molecule has 5 nitrogen and oxygen atoms in total. The first kappa shape index (κ1) is 9.50. The number of nitrogens with zero attached hydrogens (tertiary/aromatic N) is 3. The molecule has 1 aliphatic rings. The molecule has 0 spiro atoms. The number of hydrogen-bond donors (Lipinski definition) is 1. The smallest absolute Gasteiger partial charge is 0.244 e. The fourth-order valence-corrected chi connectivity index (χ4v) is 1.03. The van der Waals surface area contributed by atoms with Gasteiger partial charge in [0.15, 0.2) is 0 Å². The predicted molar refractivity (Wildman–Crippen MR) is 44.0 cm³/mol. The second kappa shape index (κ2) is 3.42. The lowest BCUT2D eigenvalue weighted by atomic mass is 10.2. The monoisotopic (exact) mass is 178 g/mol. The van der Waals surface area contributed by atoms with Gasteiger partial charge in [-0.25, -0.2) is 0 Å². The molecular formula is C8H10N4O. The molecule has 0 aromatic heterocycles. The Morgan fingerprint density at radius 1 is 1.38 bits per heavy atom. The number of nitrogens with two attached hydrogens (primary N) is 1. The van der Waals surface area contributed by atoms with Gasteiger partial charge >= 0.3 is 0 Å². The summed E-state index contributed by atoms with van der Waals surface area (Å²) in [5.74, 6) is -0.282. The molecule has 1 aliphatic carbocycles. The van der Waals surface area contributed by atoms with E-state index in [2.05, 4.69) is 0 Å². The van der Waals surface area contributed by atoms with Crippen molar-refractivity contribution in [3.8, 4) is 12.1 Å². The predicted octanol–water partition coefficient (Wildman–Crippen LogP) is -0.647. The van der Waals surface area contributed by atoms with Crippen molar-refractivity contribution in [2.75, 3.05) is 13.1 Å². The van der Waals surface area contributed by atoms with E-state index in [1.54, 1.807) is 0 Å². The van der Waals surface area contributed by atoms with Crippen molar-refractivity contribution in [3.63, 3.8) is 0 Å². The van der Waals surface area contributed by atoms with Crippen LogP contribution in [0.1, 0.15) is 12.8 Å². The molecule has 5 heteroatoms. The van der Waals surface area contributed by atoms with Crippen molar-refractivity contribution in [2.45, 2.75) is 18.4 Å². The first-order valence-electron chi connectivity index (χ1n) is 3.96. The number of amides is 1. The van der Waals surface area contributed by atoms with Crippen LogP contribution >= 0.6 is 0 Å². The number of rotatable bonds is 3. The van der Waals surface area contributed by atoms with Crippen LogP contribution in [0, 0.1) is 22.7 Å². The van der Waals surface area contributed by atoms with Crippen LogP contribution in [-0.4, -0.2) is 29.4 Å². The van der Waals surface area contributed by atoms with Gasteiger partial charge in [0.25, 0.3) is 0 Å². The van der Waals surface area contributed by atoms with Gasteiger partial charge in [0, 0.05) is 0 Å². The summed E-state index contributed by atoms with van der Waals surface area (Å²) in [4.78, 5) is 12.7. The van der Waals surface area contributed by atoms with E-state index in [4.69, 9.17) is 16.3 Å². The Bertz CT molecular complexity index is 278. The summed E-state index contributed by atoms with van der Waals surface area (Å²) < 4.78 is 0. The maximum Gasteiger partial charge on any atom is 0.244 e. The molecule has 0 radical (unpaired) electrons. The fraction of sp³-hybridized carbons (Fsp3) is 0.625. The van der Waals surface area contributed by atoms with Gasteiger partial charge in [0.2, 0.25) is 5.91 Å². The van der Waals surface area contributed by atoms with Gasteiger partial charge in [0.05, 0.1) is 17.7 Å². The second-order valence-corrected chi connectivity index (χ2v) is 3.13. The molecule has 1 amide bonds. The average molecular weight is 178 g/mol. The molecule has 0 aliphatic heterocycles. The quantitative estimate of drug-likeness (QED) is 0.581.